The van der Waals surface area contributed by atoms with Crippen LogP contribution >= 0.6 is 0 Å². The Morgan fingerprint density at radius 3 is 0.585 bits per heavy atom. The second-order valence-electron chi connectivity index (χ2n) is 12.2. The van der Waals surface area contributed by atoms with Crippen LogP contribution in [0.15, 0.2) is 0 Å². The van der Waals surface area contributed by atoms with Crippen molar-refractivity contribution in [3.63, 3.8) is 0 Å². The van der Waals surface area contributed by atoms with Gasteiger partial charge in [0.25, 0.3) is 0 Å². The molecule has 0 aliphatic heterocycles. The van der Waals surface area contributed by atoms with Crippen LogP contribution in [0.2, 0.25) is 0 Å². The van der Waals surface area contributed by atoms with Gasteiger partial charge < -0.3 is 61.3 Å². The lowest BCUT2D eigenvalue weighted by molar-refractivity contribution is -0.142. The summed E-state index contributed by atoms with van der Waals surface area (Å²) < 4.78 is 0. The second kappa shape index (κ2) is 36.0. The van der Waals surface area contributed by atoms with E-state index in [1.54, 1.807) is 27.7 Å². The molecule has 0 radical (unpaired) electrons. The number of aliphatic hydroxyl groups is 4. The lowest BCUT2D eigenvalue weighted by Crippen LogP contribution is -2.37. The molecule has 53 heavy (non-hydrogen) atoms. The number of aliphatic hydroxyl groups excluding tert-OH is 4. The largest absolute Gasteiger partial charge is 0.481 e. The Labute approximate surface area is 307 Å². The smallest absolute Gasteiger partial charge is 0.306 e. The van der Waals surface area contributed by atoms with E-state index < -0.39 is 103 Å². The highest BCUT2D eigenvalue weighted by Crippen LogP contribution is 2.12. The fourth-order valence-electron chi connectivity index (χ4n) is 3.03. The van der Waals surface area contributed by atoms with E-state index in [1.807, 2.05) is 0 Å². The minimum absolute atomic E-state index is 0.0532. The topological polar surface area (TPSA) is 379 Å². The number of carboxylic acid groups (broad SMARTS) is 8. The van der Waals surface area contributed by atoms with Crippen LogP contribution in [0.3, 0.4) is 0 Å². The lowest BCUT2D eigenvalue weighted by Gasteiger charge is -2.23. The van der Waals surface area contributed by atoms with Crippen molar-refractivity contribution in [3.8, 4) is 0 Å². The summed E-state index contributed by atoms with van der Waals surface area (Å²) >= 11 is 0. The minimum atomic E-state index is -1.11. The van der Waals surface area contributed by atoms with Gasteiger partial charge in [0.1, 0.15) is 0 Å². The molecule has 4 atom stereocenters. The number of rotatable bonds is 24. The number of carbonyl (C=O) groups is 8. The first kappa shape index (κ1) is 57.9. The van der Waals surface area contributed by atoms with Gasteiger partial charge in [0.2, 0.25) is 0 Å². The van der Waals surface area contributed by atoms with Crippen LogP contribution in [-0.2, 0) is 38.4 Å². The third-order valence-electron chi connectivity index (χ3n) is 7.14. The summed E-state index contributed by atoms with van der Waals surface area (Å²) in [5.41, 5.74) is -1.11. The first-order chi connectivity index (χ1) is 24.4. The van der Waals surface area contributed by atoms with Crippen molar-refractivity contribution in [2.45, 2.75) is 105 Å². The maximum atomic E-state index is 10.2. The van der Waals surface area contributed by atoms with E-state index in [-0.39, 0.29) is 25.7 Å². The summed E-state index contributed by atoms with van der Waals surface area (Å²) in [6.07, 6.45) is 3.67. The maximum absolute atomic E-state index is 10.2. The average Bonchev–Trinajstić information content (AvgIpc) is 3.06. The molecule has 0 heterocycles. The molecule has 312 valence electrons. The molecule has 0 saturated carbocycles. The minimum Gasteiger partial charge on any atom is -0.481 e. The van der Waals surface area contributed by atoms with Crippen LogP contribution in [0.1, 0.15) is 105 Å². The van der Waals surface area contributed by atoms with E-state index in [2.05, 4.69) is 0 Å². The fraction of sp³-hybridized carbons (Fsp3) is 0.758. The van der Waals surface area contributed by atoms with Gasteiger partial charge in [0, 0.05) is 25.7 Å². The number of aliphatic carboxylic acids is 8. The molecule has 0 spiro atoms. The molecule has 12 N–H and O–H groups in total. The first-order valence-electron chi connectivity index (χ1n) is 16.6. The summed E-state index contributed by atoms with van der Waals surface area (Å²) in [5.74, 6) is -8.70. The van der Waals surface area contributed by atoms with Gasteiger partial charge in [-0.1, -0.05) is 27.7 Å². The molecule has 20 nitrogen and oxygen atoms in total. The summed E-state index contributed by atoms with van der Waals surface area (Å²) in [7, 11) is 0. The van der Waals surface area contributed by atoms with Crippen molar-refractivity contribution >= 4 is 47.8 Å². The number of hydrogen-bond acceptors (Lipinski definition) is 12. The van der Waals surface area contributed by atoms with Crippen LogP contribution in [-0.4, -0.2) is 135 Å². The van der Waals surface area contributed by atoms with E-state index in [0.717, 1.165) is 0 Å². The van der Waals surface area contributed by atoms with Crippen molar-refractivity contribution in [2.24, 2.45) is 29.1 Å². The van der Waals surface area contributed by atoms with Gasteiger partial charge in [-0.2, -0.15) is 0 Å². The quantitative estimate of drug-likeness (QED) is 0.0664. The van der Waals surface area contributed by atoms with Crippen molar-refractivity contribution in [2.75, 3.05) is 26.4 Å². The highest BCUT2D eigenvalue weighted by atomic mass is 16.4. The molecule has 4 unspecified atom stereocenters. The van der Waals surface area contributed by atoms with Crippen molar-refractivity contribution in [1.29, 1.82) is 0 Å². The Bertz CT molecular complexity index is 894. The Hall–Kier alpha value is -4.40. The molecule has 0 fully saturated rings. The highest BCUT2D eigenvalue weighted by molar-refractivity contribution is 5.71. The predicted molar refractivity (Wildman–Crippen MR) is 184 cm³/mol. The van der Waals surface area contributed by atoms with Gasteiger partial charge in [0.15, 0.2) is 0 Å². The molecule has 0 saturated heterocycles. The number of carboxylic acids is 8. The third-order valence-corrected chi connectivity index (χ3v) is 7.14. The SMILES string of the molecule is CC(CCCC(=O)O)C(=O)O.CC(CCCC(=O)O)C(=O)O.CC(CCCC(=O)O)C(=O)O.CC(CCCC(=O)O)C(=O)O.OCC(CO)(CO)CO. The second-order valence-corrected chi connectivity index (χ2v) is 12.2. The third kappa shape index (κ3) is 43.7. The van der Waals surface area contributed by atoms with E-state index in [0.29, 0.717) is 51.4 Å². The average molecular weight is 777 g/mol. The van der Waals surface area contributed by atoms with Gasteiger partial charge in [0.05, 0.1) is 55.5 Å². The summed E-state index contributed by atoms with van der Waals surface area (Å²) in [6, 6.07) is 0. The van der Waals surface area contributed by atoms with Crippen LogP contribution in [0.25, 0.3) is 0 Å². The Morgan fingerprint density at radius 1 is 0.358 bits per heavy atom. The van der Waals surface area contributed by atoms with E-state index in [1.165, 1.54) is 0 Å². The van der Waals surface area contributed by atoms with Gasteiger partial charge >= 0.3 is 47.8 Å². The standard InChI is InChI=1S/4C7H12O4.C5H12O4/c4*1-5(7(10)11)3-2-4-6(8)9;6-1-5(2-7,3-8)4-9/h4*5H,2-4H2,1H3,(H,8,9)(H,10,11);6-9H,1-4H2. The summed E-state index contributed by atoms with van der Waals surface area (Å²) in [6.45, 7) is 4.67. The monoisotopic (exact) mass is 776 g/mol. The van der Waals surface area contributed by atoms with Crippen LogP contribution < -0.4 is 0 Å². The van der Waals surface area contributed by atoms with E-state index in [9.17, 15) is 38.4 Å². The lowest BCUT2D eigenvalue weighted by atomic mass is 9.93. The van der Waals surface area contributed by atoms with Gasteiger partial charge in [-0.3, -0.25) is 38.4 Å². The molecular weight excluding hydrogens is 716 g/mol. The molecule has 0 aromatic heterocycles. The van der Waals surface area contributed by atoms with Crippen molar-refractivity contribution < 1.29 is 99.6 Å². The Balaban J connectivity index is -0.000000181. The van der Waals surface area contributed by atoms with Gasteiger partial charge in [-0.05, 0) is 51.4 Å². The van der Waals surface area contributed by atoms with E-state index >= 15 is 0 Å². The van der Waals surface area contributed by atoms with Crippen LogP contribution in [0.5, 0.6) is 0 Å². The molecule has 0 aliphatic carbocycles. The molecule has 20 heteroatoms. The van der Waals surface area contributed by atoms with Crippen LogP contribution in [0.4, 0.5) is 0 Å². The molecule has 0 rings (SSSR count). The van der Waals surface area contributed by atoms with Crippen LogP contribution in [0, 0.1) is 29.1 Å². The van der Waals surface area contributed by atoms with Crippen molar-refractivity contribution in [3.05, 3.63) is 0 Å². The predicted octanol–water partition coefficient (Wildman–Crippen LogP) is 1.79. The zero-order chi connectivity index (χ0) is 42.7. The van der Waals surface area contributed by atoms with E-state index in [4.69, 9.17) is 61.3 Å². The fourth-order valence-corrected chi connectivity index (χ4v) is 3.03. The summed E-state index contributed by atoms with van der Waals surface area (Å²) in [4.78, 5) is 80.9. The number of hydrogen-bond donors (Lipinski definition) is 12. The van der Waals surface area contributed by atoms with Crippen molar-refractivity contribution in [1.82, 2.24) is 0 Å². The zero-order valence-electron chi connectivity index (χ0n) is 30.8. The Morgan fingerprint density at radius 2 is 0.509 bits per heavy atom. The van der Waals surface area contributed by atoms with Gasteiger partial charge in [-0.25, -0.2) is 0 Å². The first-order valence-corrected chi connectivity index (χ1v) is 16.6. The Kier molecular flexibility index (Phi) is 39.3. The molecular formula is C33H60O20. The normalized spacial score (nSPS) is 12.4. The zero-order valence-corrected chi connectivity index (χ0v) is 30.8. The summed E-state index contributed by atoms with van der Waals surface area (Å²) in [5, 5.41) is 100. The molecule has 0 aromatic carbocycles. The molecule has 0 aromatic rings. The molecule has 0 amide bonds. The molecule has 0 bridgehead atoms. The highest BCUT2D eigenvalue weighted by Gasteiger charge is 2.26. The van der Waals surface area contributed by atoms with Gasteiger partial charge in [-0.15, -0.1) is 0 Å². The molecule has 0 aliphatic rings. The maximum Gasteiger partial charge on any atom is 0.306 e.